The van der Waals surface area contributed by atoms with E-state index in [4.69, 9.17) is 5.53 Å². The molecule has 6 nitrogen and oxygen atoms in total. The highest BCUT2D eigenvalue weighted by molar-refractivity contribution is 6.06. The zero-order valence-corrected chi connectivity index (χ0v) is 10.5. The van der Waals surface area contributed by atoms with Gasteiger partial charge in [0.1, 0.15) is 0 Å². The van der Waals surface area contributed by atoms with Gasteiger partial charge in [-0.25, -0.2) is 0 Å². The fourth-order valence-corrected chi connectivity index (χ4v) is 1.95. The standard InChI is InChI=1S/C13H13N5O/c1-2-9-4-3-5-10-11(6-7-15-12(9)10)13(19)16-8-17-18-14/h3-7H,2,8H2,1H3,(H,16,19). The Morgan fingerprint density at radius 3 is 3.05 bits per heavy atom. The highest BCUT2D eigenvalue weighted by atomic mass is 16.1. The molecule has 0 fully saturated rings. The smallest absolute Gasteiger partial charge is 0.252 e. The Balaban J connectivity index is 2.43. The minimum atomic E-state index is -0.270. The summed E-state index contributed by atoms with van der Waals surface area (Å²) in [7, 11) is 0. The van der Waals surface area contributed by atoms with E-state index in [1.165, 1.54) is 0 Å². The third kappa shape index (κ3) is 2.64. The van der Waals surface area contributed by atoms with Crippen LogP contribution in [-0.2, 0) is 6.42 Å². The van der Waals surface area contributed by atoms with Gasteiger partial charge in [-0.2, -0.15) is 0 Å². The number of para-hydroxylation sites is 1. The van der Waals surface area contributed by atoms with E-state index < -0.39 is 0 Å². The van der Waals surface area contributed by atoms with Gasteiger partial charge in [0, 0.05) is 16.5 Å². The van der Waals surface area contributed by atoms with Crippen molar-refractivity contribution in [2.75, 3.05) is 6.67 Å². The molecule has 1 N–H and O–H groups in total. The Morgan fingerprint density at radius 1 is 1.47 bits per heavy atom. The van der Waals surface area contributed by atoms with Crippen LogP contribution in [-0.4, -0.2) is 17.6 Å². The number of pyridine rings is 1. The van der Waals surface area contributed by atoms with Crippen LogP contribution in [0.2, 0.25) is 0 Å². The molecule has 2 aromatic rings. The number of hydrogen-bond acceptors (Lipinski definition) is 3. The summed E-state index contributed by atoms with van der Waals surface area (Å²) in [5.74, 6) is -0.270. The molecule has 6 heteroatoms. The summed E-state index contributed by atoms with van der Waals surface area (Å²) in [6.07, 6.45) is 2.47. The second-order valence-corrected chi connectivity index (χ2v) is 3.92. The lowest BCUT2D eigenvalue weighted by atomic mass is 10.0. The molecule has 0 spiro atoms. The molecule has 1 amide bonds. The van der Waals surface area contributed by atoms with Crippen LogP contribution in [0.3, 0.4) is 0 Å². The van der Waals surface area contributed by atoms with Gasteiger partial charge in [0.15, 0.2) is 0 Å². The highest BCUT2D eigenvalue weighted by Gasteiger charge is 2.11. The van der Waals surface area contributed by atoms with Crippen molar-refractivity contribution < 1.29 is 4.79 Å². The number of benzene rings is 1. The molecule has 2 rings (SSSR count). The number of amides is 1. The van der Waals surface area contributed by atoms with Crippen molar-refractivity contribution in [1.82, 2.24) is 10.3 Å². The molecule has 0 atom stereocenters. The van der Waals surface area contributed by atoms with E-state index in [0.717, 1.165) is 22.9 Å². The molecule has 1 aromatic heterocycles. The Hall–Kier alpha value is -2.59. The second kappa shape index (κ2) is 5.84. The lowest BCUT2D eigenvalue weighted by molar-refractivity contribution is 0.0956. The predicted molar refractivity (Wildman–Crippen MR) is 72.6 cm³/mol. The minimum absolute atomic E-state index is 0.0629. The summed E-state index contributed by atoms with van der Waals surface area (Å²) < 4.78 is 0. The van der Waals surface area contributed by atoms with Gasteiger partial charge >= 0.3 is 0 Å². The van der Waals surface area contributed by atoms with Crippen molar-refractivity contribution in [2.24, 2.45) is 5.11 Å². The molecule has 0 unspecified atom stereocenters. The largest absolute Gasteiger partial charge is 0.346 e. The zero-order valence-electron chi connectivity index (χ0n) is 10.5. The SMILES string of the molecule is CCc1cccc2c(C(=O)NCN=[N+]=[N-])ccnc12. The molecule has 0 saturated carbocycles. The zero-order chi connectivity index (χ0) is 13.7. The summed E-state index contributed by atoms with van der Waals surface area (Å²) in [6, 6.07) is 7.43. The molecular weight excluding hydrogens is 242 g/mol. The van der Waals surface area contributed by atoms with Gasteiger partial charge in [-0.05, 0) is 23.6 Å². The first-order valence-corrected chi connectivity index (χ1v) is 5.93. The van der Waals surface area contributed by atoms with Crippen LogP contribution in [0.25, 0.3) is 21.3 Å². The Labute approximate surface area is 110 Å². The fourth-order valence-electron chi connectivity index (χ4n) is 1.95. The van der Waals surface area contributed by atoms with Crippen molar-refractivity contribution in [2.45, 2.75) is 13.3 Å². The first-order chi connectivity index (χ1) is 9.27. The van der Waals surface area contributed by atoms with E-state index in [1.54, 1.807) is 12.3 Å². The topological polar surface area (TPSA) is 90.8 Å². The van der Waals surface area contributed by atoms with E-state index in [-0.39, 0.29) is 12.6 Å². The van der Waals surface area contributed by atoms with E-state index in [9.17, 15) is 4.79 Å². The maximum atomic E-state index is 12.0. The molecule has 0 bridgehead atoms. The number of nitrogens with one attached hydrogen (secondary N) is 1. The third-order valence-electron chi connectivity index (χ3n) is 2.85. The van der Waals surface area contributed by atoms with E-state index in [0.29, 0.717) is 5.56 Å². The number of aromatic nitrogens is 1. The lowest BCUT2D eigenvalue weighted by Gasteiger charge is -2.08. The van der Waals surface area contributed by atoms with Crippen molar-refractivity contribution in [3.8, 4) is 0 Å². The monoisotopic (exact) mass is 255 g/mol. The van der Waals surface area contributed by atoms with Crippen LogP contribution in [0.15, 0.2) is 35.6 Å². The fraction of sp³-hybridized carbons (Fsp3) is 0.231. The Kier molecular flexibility index (Phi) is 3.95. The predicted octanol–water partition coefficient (Wildman–Crippen LogP) is 2.79. The molecule has 0 saturated heterocycles. The summed E-state index contributed by atoms with van der Waals surface area (Å²) in [5, 5.41) is 6.63. The molecule has 1 aromatic carbocycles. The van der Waals surface area contributed by atoms with Crippen molar-refractivity contribution >= 4 is 16.8 Å². The number of nitrogens with zero attached hydrogens (tertiary/aromatic N) is 4. The van der Waals surface area contributed by atoms with Crippen LogP contribution in [0.1, 0.15) is 22.8 Å². The van der Waals surface area contributed by atoms with Gasteiger partial charge in [-0.15, -0.1) is 0 Å². The number of azide groups is 1. The number of carbonyl (C=O) groups is 1. The molecule has 0 aliphatic heterocycles. The molecule has 0 aliphatic rings. The number of carbonyl (C=O) groups excluding carboxylic acids is 1. The minimum Gasteiger partial charge on any atom is -0.346 e. The van der Waals surface area contributed by atoms with Gasteiger partial charge < -0.3 is 5.32 Å². The number of fused-ring (bicyclic) bond motifs is 1. The summed E-state index contributed by atoms with van der Waals surface area (Å²) in [6.45, 7) is 1.98. The van der Waals surface area contributed by atoms with Crippen molar-refractivity contribution in [1.29, 1.82) is 0 Å². The van der Waals surface area contributed by atoms with Crippen LogP contribution in [0.5, 0.6) is 0 Å². The first kappa shape index (κ1) is 12.9. The van der Waals surface area contributed by atoms with Crippen LogP contribution in [0, 0.1) is 0 Å². The molecule has 1 heterocycles. The van der Waals surface area contributed by atoms with Crippen LogP contribution >= 0.6 is 0 Å². The van der Waals surface area contributed by atoms with Crippen molar-refractivity contribution in [3.05, 3.63) is 52.0 Å². The van der Waals surface area contributed by atoms with Crippen molar-refractivity contribution in [3.63, 3.8) is 0 Å². The second-order valence-electron chi connectivity index (χ2n) is 3.92. The highest BCUT2D eigenvalue weighted by Crippen LogP contribution is 2.20. The van der Waals surface area contributed by atoms with Gasteiger partial charge in [-0.3, -0.25) is 9.78 Å². The Bertz CT molecular complexity index is 661. The van der Waals surface area contributed by atoms with Gasteiger partial charge in [0.2, 0.25) is 0 Å². The summed E-state index contributed by atoms with van der Waals surface area (Å²) >= 11 is 0. The molecular formula is C13H13N5O. The third-order valence-corrected chi connectivity index (χ3v) is 2.85. The molecule has 0 aliphatic carbocycles. The maximum absolute atomic E-state index is 12.0. The number of aryl methyl sites for hydroxylation is 1. The average molecular weight is 255 g/mol. The molecule has 19 heavy (non-hydrogen) atoms. The first-order valence-electron chi connectivity index (χ1n) is 5.93. The quantitative estimate of drug-likeness (QED) is 0.517. The lowest BCUT2D eigenvalue weighted by Crippen LogP contribution is -2.23. The number of hydrogen-bond donors (Lipinski definition) is 1. The summed E-state index contributed by atoms with van der Waals surface area (Å²) in [5.41, 5.74) is 10.7. The molecule has 0 radical (unpaired) electrons. The maximum Gasteiger partial charge on any atom is 0.252 e. The van der Waals surface area contributed by atoms with Crippen LogP contribution in [0.4, 0.5) is 0 Å². The average Bonchev–Trinajstić information content (AvgIpc) is 2.46. The Morgan fingerprint density at radius 2 is 2.32 bits per heavy atom. The summed E-state index contributed by atoms with van der Waals surface area (Å²) in [4.78, 5) is 18.9. The van der Waals surface area contributed by atoms with E-state index in [1.807, 2.05) is 25.1 Å². The van der Waals surface area contributed by atoms with Crippen LogP contribution < -0.4 is 5.32 Å². The van der Waals surface area contributed by atoms with Gasteiger partial charge in [-0.1, -0.05) is 30.2 Å². The van der Waals surface area contributed by atoms with Gasteiger partial charge in [0.25, 0.3) is 5.91 Å². The number of rotatable bonds is 4. The normalized spacial score (nSPS) is 9.95. The van der Waals surface area contributed by atoms with E-state index >= 15 is 0 Å². The molecule has 96 valence electrons. The van der Waals surface area contributed by atoms with E-state index in [2.05, 4.69) is 20.3 Å². The van der Waals surface area contributed by atoms with Gasteiger partial charge in [0.05, 0.1) is 17.7 Å².